The molecule has 1 saturated carbocycles. The number of hydrogen-bond acceptors (Lipinski definition) is 5. The minimum absolute atomic E-state index is 0.115. The van der Waals surface area contributed by atoms with Crippen LogP contribution in [0.2, 0.25) is 0 Å². The lowest BCUT2D eigenvalue weighted by Gasteiger charge is -2.14. The number of nitro groups is 1. The van der Waals surface area contributed by atoms with Crippen LogP contribution >= 0.6 is 0 Å². The third kappa shape index (κ3) is 3.07. The van der Waals surface area contributed by atoms with Crippen molar-refractivity contribution in [2.24, 2.45) is 5.92 Å². The first kappa shape index (κ1) is 14.7. The number of nitrogens with one attached hydrogen (secondary N) is 2. The van der Waals surface area contributed by atoms with Crippen molar-refractivity contribution in [2.75, 3.05) is 12.4 Å². The van der Waals surface area contributed by atoms with Crippen molar-refractivity contribution in [1.82, 2.24) is 4.72 Å². The van der Waals surface area contributed by atoms with Crippen LogP contribution in [0.25, 0.3) is 0 Å². The number of hydrogen-bond donors (Lipinski definition) is 2. The lowest BCUT2D eigenvalue weighted by atomic mass is 10.2. The van der Waals surface area contributed by atoms with Gasteiger partial charge >= 0.3 is 0 Å². The highest BCUT2D eigenvalue weighted by Gasteiger charge is 2.29. The molecule has 8 heteroatoms. The molecule has 1 atom stereocenters. The molecule has 1 aliphatic carbocycles. The van der Waals surface area contributed by atoms with E-state index in [1.165, 1.54) is 19.2 Å². The molecule has 0 aromatic heterocycles. The van der Waals surface area contributed by atoms with Gasteiger partial charge in [0, 0.05) is 12.1 Å². The van der Waals surface area contributed by atoms with Crippen LogP contribution < -0.4 is 10.0 Å². The number of nitro benzene ring substituents is 1. The second-order valence-corrected chi connectivity index (χ2v) is 6.80. The molecule has 2 N–H and O–H groups in total. The Hall–Kier alpha value is -1.67. The fraction of sp³-hybridized carbons (Fsp3) is 0.500. The zero-order valence-corrected chi connectivity index (χ0v) is 12.1. The van der Waals surface area contributed by atoms with Crippen LogP contribution in [0.15, 0.2) is 23.1 Å². The molecule has 0 heterocycles. The van der Waals surface area contributed by atoms with E-state index in [0.717, 1.165) is 18.9 Å². The van der Waals surface area contributed by atoms with Crippen LogP contribution in [-0.2, 0) is 10.0 Å². The van der Waals surface area contributed by atoms with Crippen LogP contribution in [-0.4, -0.2) is 26.4 Å². The van der Waals surface area contributed by atoms with E-state index in [9.17, 15) is 18.5 Å². The van der Waals surface area contributed by atoms with Gasteiger partial charge in [0.05, 0.1) is 9.82 Å². The van der Waals surface area contributed by atoms with Gasteiger partial charge in [0.1, 0.15) is 5.69 Å². The zero-order chi connectivity index (χ0) is 14.9. The molecular weight excluding hydrogens is 282 g/mol. The number of benzene rings is 1. The number of rotatable bonds is 6. The average Bonchev–Trinajstić information content (AvgIpc) is 3.23. The van der Waals surface area contributed by atoms with E-state index in [-0.39, 0.29) is 16.6 Å². The SMILES string of the molecule is CNS(=O)(=O)c1ccc(N[C@@H](C)C2CC2)c([N+](=O)[O-])c1. The van der Waals surface area contributed by atoms with Crippen LogP contribution in [0.3, 0.4) is 0 Å². The van der Waals surface area contributed by atoms with Gasteiger partial charge in [-0.05, 0) is 44.9 Å². The van der Waals surface area contributed by atoms with E-state index < -0.39 is 14.9 Å². The van der Waals surface area contributed by atoms with Crippen molar-refractivity contribution in [3.8, 4) is 0 Å². The lowest BCUT2D eigenvalue weighted by Crippen LogP contribution is -2.20. The Morgan fingerprint density at radius 1 is 1.40 bits per heavy atom. The minimum Gasteiger partial charge on any atom is -0.377 e. The molecule has 1 aliphatic rings. The van der Waals surface area contributed by atoms with Crippen LogP contribution in [0.4, 0.5) is 11.4 Å². The second kappa shape index (κ2) is 5.37. The molecule has 2 rings (SSSR count). The van der Waals surface area contributed by atoms with Crippen LogP contribution in [0.5, 0.6) is 0 Å². The standard InChI is InChI=1S/C12H17N3O4S/c1-8(9-3-4-9)14-11-6-5-10(20(18,19)13-2)7-12(11)15(16)17/h5-9,13-14H,3-4H2,1-2H3/t8-/m0/s1. The third-order valence-corrected chi connectivity index (χ3v) is 4.87. The fourth-order valence-electron chi connectivity index (χ4n) is 2.03. The lowest BCUT2D eigenvalue weighted by molar-refractivity contribution is -0.384. The Morgan fingerprint density at radius 3 is 2.55 bits per heavy atom. The van der Waals surface area contributed by atoms with Gasteiger partial charge in [-0.3, -0.25) is 10.1 Å². The first-order valence-electron chi connectivity index (χ1n) is 6.33. The summed E-state index contributed by atoms with van der Waals surface area (Å²) in [6, 6.07) is 4.02. The van der Waals surface area contributed by atoms with Gasteiger partial charge in [-0.1, -0.05) is 0 Å². The van der Waals surface area contributed by atoms with E-state index >= 15 is 0 Å². The van der Waals surface area contributed by atoms with E-state index in [1.54, 1.807) is 0 Å². The monoisotopic (exact) mass is 299 g/mol. The second-order valence-electron chi connectivity index (χ2n) is 4.91. The van der Waals surface area contributed by atoms with E-state index in [0.29, 0.717) is 11.6 Å². The molecule has 0 radical (unpaired) electrons. The Labute approximate surface area is 117 Å². The van der Waals surface area contributed by atoms with Crippen molar-refractivity contribution >= 4 is 21.4 Å². The summed E-state index contributed by atoms with van der Waals surface area (Å²) in [5.74, 6) is 0.537. The summed E-state index contributed by atoms with van der Waals surface area (Å²) in [7, 11) is -2.42. The Bertz CT molecular complexity index is 626. The van der Waals surface area contributed by atoms with Gasteiger partial charge < -0.3 is 5.32 Å². The molecule has 110 valence electrons. The van der Waals surface area contributed by atoms with Crippen molar-refractivity contribution in [1.29, 1.82) is 0 Å². The summed E-state index contributed by atoms with van der Waals surface area (Å²) in [5, 5.41) is 14.2. The molecule has 1 fully saturated rings. The van der Waals surface area contributed by atoms with Crippen LogP contribution in [0.1, 0.15) is 19.8 Å². The molecule has 0 saturated heterocycles. The van der Waals surface area contributed by atoms with Gasteiger partial charge in [-0.15, -0.1) is 0 Å². The van der Waals surface area contributed by atoms with Crippen molar-refractivity contribution < 1.29 is 13.3 Å². The van der Waals surface area contributed by atoms with E-state index in [2.05, 4.69) is 10.0 Å². The summed E-state index contributed by atoms with van der Waals surface area (Å²) in [5.41, 5.74) is 0.123. The Kier molecular flexibility index (Phi) is 3.96. The topological polar surface area (TPSA) is 101 Å². The normalized spacial score (nSPS) is 16.7. The minimum atomic E-state index is -3.69. The summed E-state index contributed by atoms with van der Waals surface area (Å²) >= 11 is 0. The maximum absolute atomic E-state index is 11.7. The number of anilines is 1. The molecule has 7 nitrogen and oxygen atoms in total. The largest absolute Gasteiger partial charge is 0.377 e. The average molecular weight is 299 g/mol. The predicted octanol–water partition coefficient (Wildman–Crippen LogP) is 1.71. The molecule has 20 heavy (non-hydrogen) atoms. The van der Waals surface area contributed by atoms with Gasteiger partial charge in [0.25, 0.3) is 5.69 Å². The quantitative estimate of drug-likeness (QED) is 0.615. The number of nitrogens with zero attached hydrogens (tertiary/aromatic N) is 1. The van der Waals surface area contributed by atoms with Crippen molar-refractivity contribution in [3.05, 3.63) is 28.3 Å². The highest BCUT2D eigenvalue weighted by Crippen LogP contribution is 2.36. The molecule has 0 bridgehead atoms. The first-order valence-corrected chi connectivity index (χ1v) is 7.82. The third-order valence-electron chi connectivity index (χ3n) is 3.46. The van der Waals surface area contributed by atoms with Crippen molar-refractivity contribution in [3.63, 3.8) is 0 Å². The molecule has 0 unspecified atom stereocenters. The smallest absolute Gasteiger partial charge is 0.293 e. The maximum atomic E-state index is 11.7. The molecule has 0 amide bonds. The molecule has 0 aliphatic heterocycles. The summed E-state index contributed by atoms with van der Waals surface area (Å²) in [6.45, 7) is 1.97. The predicted molar refractivity (Wildman–Crippen MR) is 75.2 cm³/mol. The summed E-state index contributed by atoms with van der Waals surface area (Å²) in [4.78, 5) is 10.4. The zero-order valence-electron chi connectivity index (χ0n) is 11.3. The number of sulfonamides is 1. The van der Waals surface area contributed by atoms with Gasteiger partial charge in [-0.25, -0.2) is 13.1 Å². The highest BCUT2D eigenvalue weighted by molar-refractivity contribution is 7.89. The Morgan fingerprint density at radius 2 is 2.05 bits per heavy atom. The summed E-state index contributed by atoms with van der Waals surface area (Å²) in [6.07, 6.45) is 2.24. The van der Waals surface area contributed by atoms with Gasteiger partial charge in [0.15, 0.2) is 0 Å². The van der Waals surface area contributed by atoms with Crippen LogP contribution in [0, 0.1) is 16.0 Å². The van der Waals surface area contributed by atoms with Gasteiger partial charge in [-0.2, -0.15) is 0 Å². The molecule has 1 aromatic carbocycles. The maximum Gasteiger partial charge on any atom is 0.293 e. The Balaban J connectivity index is 2.35. The van der Waals surface area contributed by atoms with E-state index in [1.807, 2.05) is 6.92 Å². The molecular formula is C12H17N3O4S. The molecule has 0 spiro atoms. The molecule has 1 aromatic rings. The van der Waals surface area contributed by atoms with Crippen molar-refractivity contribution in [2.45, 2.75) is 30.7 Å². The van der Waals surface area contributed by atoms with E-state index in [4.69, 9.17) is 0 Å². The highest BCUT2D eigenvalue weighted by atomic mass is 32.2. The fourth-order valence-corrected chi connectivity index (χ4v) is 2.78. The van der Waals surface area contributed by atoms with Gasteiger partial charge in [0.2, 0.25) is 10.0 Å². The summed E-state index contributed by atoms with van der Waals surface area (Å²) < 4.78 is 25.5. The first-order chi connectivity index (χ1) is 9.35.